The molecule has 6 nitrogen and oxygen atoms in total. The quantitative estimate of drug-likeness (QED) is 0.836. The lowest BCUT2D eigenvalue weighted by Crippen LogP contribution is -2.46. The van der Waals surface area contributed by atoms with Crippen molar-refractivity contribution in [3.05, 3.63) is 39.9 Å². The van der Waals surface area contributed by atoms with Gasteiger partial charge in [0.25, 0.3) is 5.56 Å². The Morgan fingerprint density at radius 1 is 1.50 bits per heavy atom. The van der Waals surface area contributed by atoms with Gasteiger partial charge in [0.15, 0.2) is 0 Å². The van der Waals surface area contributed by atoms with Crippen molar-refractivity contribution in [2.24, 2.45) is 0 Å². The summed E-state index contributed by atoms with van der Waals surface area (Å²) in [5.41, 5.74) is 0.306. The highest BCUT2D eigenvalue weighted by Crippen LogP contribution is 2.14. The molecular formula is C15H16ClN3O3. The van der Waals surface area contributed by atoms with Crippen LogP contribution in [0.4, 0.5) is 0 Å². The van der Waals surface area contributed by atoms with E-state index in [1.54, 1.807) is 23.1 Å². The first-order valence-corrected chi connectivity index (χ1v) is 7.46. The number of hydrogen-bond acceptors (Lipinski definition) is 4. The number of fused-ring (bicyclic) bond motifs is 1. The van der Waals surface area contributed by atoms with E-state index in [2.05, 4.69) is 4.98 Å². The highest BCUT2D eigenvalue weighted by Gasteiger charge is 2.22. The molecule has 1 aromatic carbocycles. The Morgan fingerprint density at radius 3 is 3.09 bits per heavy atom. The van der Waals surface area contributed by atoms with Crippen LogP contribution in [-0.4, -0.2) is 46.2 Å². The summed E-state index contributed by atoms with van der Waals surface area (Å²) in [5.74, 6) is -0.111. The van der Waals surface area contributed by atoms with E-state index in [0.717, 1.165) is 0 Å². The first-order valence-electron chi connectivity index (χ1n) is 7.08. The molecule has 0 spiro atoms. The van der Waals surface area contributed by atoms with Crippen LogP contribution in [0, 0.1) is 0 Å². The Morgan fingerprint density at radius 2 is 2.32 bits per heavy atom. The molecule has 1 saturated heterocycles. The van der Waals surface area contributed by atoms with Crippen LogP contribution in [0.25, 0.3) is 10.9 Å². The van der Waals surface area contributed by atoms with Crippen molar-refractivity contribution >= 4 is 28.4 Å². The average molecular weight is 322 g/mol. The standard InChI is InChI=1S/C15H16ClN3O3/c1-10-7-18(4-5-22-10)14(20)8-19-9-17-13-3-2-11(16)6-12(13)15(19)21/h2-3,6,9-10H,4-5,7-8H2,1H3/t10-/m1/s1. The number of carbonyl (C=O) groups excluding carboxylic acids is 1. The van der Waals surface area contributed by atoms with Crippen LogP contribution in [0.1, 0.15) is 6.92 Å². The van der Waals surface area contributed by atoms with Gasteiger partial charge in [0, 0.05) is 18.1 Å². The van der Waals surface area contributed by atoms with E-state index >= 15 is 0 Å². The van der Waals surface area contributed by atoms with Crippen molar-refractivity contribution in [1.82, 2.24) is 14.5 Å². The van der Waals surface area contributed by atoms with Crippen LogP contribution in [0.3, 0.4) is 0 Å². The van der Waals surface area contributed by atoms with Crippen molar-refractivity contribution in [3.63, 3.8) is 0 Å². The third-order valence-electron chi connectivity index (χ3n) is 3.69. The molecule has 3 rings (SSSR count). The minimum absolute atomic E-state index is 0.0166. The van der Waals surface area contributed by atoms with Crippen molar-refractivity contribution in [2.75, 3.05) is 19.7 Å². The number of amides is 1. The summed E-state index contributed by atoms with van der Waals surface area (Å²) in [6.07, 6.45) is 1.42. The van der Waals surface area contributed by atoms with Gasteiger partial charge in [-0.2, -0.15) is 0 Å². The third-order valence-corrected chi connectivity index (χ3v) is 3.92. The zero-order valence-electron chi connectivity index (χ0n) is 12.2. The molecule has 116 valence electrons. The predicted molar refractivity (Wildman–Crippen MR) is 83.0 cm³/mol. The lowest BCUT2D eigenvalue weighted by molar-refractivity contribution is -0.138. The van der Waals surface area contributed by atoms with Gasteiger partial charge in [-0.15, -0.1) is 0 Å². The SMILES string of the molecule is C[C@@H]1CN(C(=O)Cn2cnc3ccc(Cl)cc3c2=O)CCO1. The van der Waals surface area contributed by atoms with Crippen LogP contribution < -0.4 is 5.56 Å². The number of rotatable bonds is 2. The summed E-state index contributed by atoms with van der Waals surface area (Å²) in [4.78, 5) is 30.7. The Kier molecular flexibility index (Phi) is 4.13. The molecular weight excluding hydrogens is 306 g/mol. The molecule has 0 saturated carbocycles. The fourth-order valence-electron chi connectivity index (χ4n) is 2.53. The predicted octanol–water partition coefficient (Wildman–Crippen LogP) is 1.30. The molecule has 2 aromatic rings. The number of halogens is 1. The lowest BCUT2D eigenvalue weighted by atomic mass is 10.2. The largest absolute Gasteiger partial charge is 0.375 e. The number of hydrogen-bond donors (Lipinski definition) is 0. The highest BCUT2D eigenvalue weighted by molar-refractivity contribution is 6.31. The zero-order chi connectivity index (χ0) is 15.7. The maximum absolute atomic E-state index is 12.4. The summed E-state index contributed by atoms with van der Waals surface area (Å²) in [7, 11) is 0. The number of aromatic nitrogens is 2. The van der Waals surface area contributed by atoms with Gasteiger partial charge in [-0.1, -0.05) is 11.6 Å². The average Bonchev–Trinajstić information content (AvgIpc) is 2.50. The van der Waals surface area contributed by atoms with Crippen molar-refractivity contribution < 1.29 is 9.53 Å². The van der Waals surface area contributed by atoms with Gasteiger partial charge >= 0.3 is 0 Å². The van der Waals surface area contributed by atoms with Crippen LogP contribution in [-0.2, 0) is 16.1 Å². The van der Waals surface area contributed by atoms with Gasteiger partial charge < -0.3 is 9.64 Å². The zero-order valence-corrected chi connectivity index (χ0v) is 12.9. The minimum Gasteiger partial charge on any atom is -0.375 e. The molecule has 22 heavy (non-hydrogen) atoms. The Hall–Kier alpha value is -1.92. The first kappa shape index (κ1) is 15.0. The van der Waals surface area contributed by atoms with E-state index in [9.17, 15) is 9.59 Å². The lowest BCUT2D eigenvalue weighted by Gasteiger charge is -2.31. The summed E-state index contributed by atoms with van der Waals surface area (Å²) < 4.78 is 6.73. The second-order valence-electron chi connectivity index (χ2n) is 5.36. The second kappa shape index (κ2) is 6.06. The van der Waals surface area contributed by atoms with Gasteiger partial charge in [0.1, 0.15) is 6.54 Å². The van der Waals surface area contributed by atoms with Gasteiger partial charge in [-0.05, 0) is 25.1 Å². The number of carbonyl (C=O) groups is 1. The summed E-state index contributed by atoms with van der Waals surface area (Å²) in [6, 6.07) is 4.94. The van der Waals surface area contributed by atoms with E-state index in [4.69, 9.17) is 16.3 Å². The molecule has 0 radical (unpaired) electrons. The summed E-state index contributed by atoms with van der Waals surface area (Å²) in [5, 5.41) is 0.885. The molecule has 7 heteroatoms. The van der Waals surface area contributed by atoms with E-state index in [-0.39, 0.29) is 24.1 Å². The number of benzene rings is 1. The van der Waals surface area contributed by atoms with Crippen molar-refractivity contribution in [3.8, 4) is 0 Å². The summed E-state index contributed by atoms with van der Waals surface area (Å²) in [6.45, 7) is 3.50. The van der Waals surface area contributed by atoms with Crippen LogP contribution in [0.5, 0.6) is 0 Å². The molecule has 1 atom stereocenters. The van der Waals surface area contributed by atoms with Crippen molar-refractivity contribution in [1.29, 1.82) is 0 Å². The van der Waals surface area contributed by atoms with E-state index in [1.807, 2.05) is 6.92 Å². The maximum atomic E-state index is 12.4. The van der Waals surface area contributed by atoms with Gasteiger partial charge in [0.2, 0.25) is 5.91 Å². The van der Waals surface area contributed by atoms with E-state index in [1.165, 1.54) is 10.9 Å². The molecule has 1 aliphatic rings. The van der Waals surface area contributed by atoms with Crippen LogP contribution in [0.15, 0.2) is 29.3 Å². The number of nitrogens with zero attached hydrogens (tertiary/aromatic N) is 3. The third kappa shape index (κ3) is 2.98. The smallest absolute Gasteiger partial charge is 0.261 e. The van der Waals surface area contributed by atoms with Crippen molar-refractivity contribution in [2.45, 2.75) is 19.6 Å². The fourth-order valence-corrected chi connectivity index (χ4v) is 2.71. The molecule has 0 N–H and O–H groups in total. The molecule has 1 aromatic heterocycles. The molecule has 1 amide bonds. The number of morpholine rings is 1. The Bertz CT molecular complexity index is 774. The van der Waals surface area contributed by atoms with Crippen LogP contribution >= 0.6 is 11.6 Å². The Balaban J connectivity index is 1.86. The van der Waals surface area contributed by atoms with E-state index < -0.39 is 0 Å². The maximum Gasteiger partial charge on any atom is 0.261 e. The topological polar surface area (TPSA) is 64.4 Å². The van der Waals surface area contributed by atoms with Gasteiger partial charge in [-0.25, -0.2) is 4.98 Å². The van der Waals surface area contributed by atoms with E-state index in [0.29, 0.717) is 35.6 Å². The van der Waals surface area contributed by atoms with Crippen LogP contribution in [0.2, 0.25) is 5.02 Å². The molecule has 2 heterocycles. The molecule has 1 aliphatic heterocycles. The molecule has 0 aliphatic carbocycles. The normalized spacial score (nSPS) is 18.6. The fraction of sp³-hybridized carbons (Fsp3) is 0.400. The highest BCUT2D eigenvalue weighted by atomic mass is 35.5. The molecule has 0 unspecified atom stereocenters. The second-order valence-corrected chi connectivity index (χ2v) is 5.80. The summed E-state index contributed by atoms with van der Waals surface area (Å²) >= 11 is 5.92. The Labute approximate surface area is 132 Å². The first-order chi connectivity index (χ1) is 10.5. The minimum atomic E-state index is -0.262. The monoisotopic (exact) mass is 321 g/mol. The van der Waals surface area contributed by atoms with Gasteiger partial charge in [-0.3, -0.25) is 14.2 Å². The molecule has 1 fully saturated rings. The number of ether oxygens (including phenoxy) is 1. The van der Waals surface area contributed by atoms with Gasteiger partial charge in [0.05, 0.1) is 29.9 Å². The molecule has 0 bridgehead atoms.